The normalized spacial score (nSPS) is 12.8. The third-order valence-electron chi connectivity index (χ3n) is 4.04. The molecule has 154 valence electrons. The maximum atomic E-state index is 13.5. The Hall–Kier alpha value is -3.56. The van der Waals surface area contributed by atoms with E-state index in [1.807, 2.05) is 0 Å². The van der Waals surface area contributed by atoms with Crippen molar-refractivity contribution in [1.29, 1.82) is 0 Å². The van der Waals surface area contributed by atoms with Gasteiger partial charge in [-0.25, -0.2) is 4.79 Å². The van der Waals surface area contributed by atoms with Crippen LogP contribution in [0.1, 0.15) is 31.6 Å². The Balaban J connectivity index is 2.51. The van der Waals surface area contributed by atoms with Gasteiger partial charge in [0.2, 0.25) is 5.91 Å². The number of primary amides is 1. The van der Waals surface area contributed by atoms with E-state index in [1.54, 1.807) is 13.0 Å². The molecule has 0 aliphatic heterocycles. The predicted octanol–water partition coefficient (Wildman–Crippen LogP) is 3.81. The topological polar surface area (TPSA) is 112 Å². The molecule has 0 saturated heterocycles. The molecule has 0 bridgehead atoms. The zero-order valence-electron chi connectivity index (χ0n) is 15.7. The molecule has 0 spiro atoms. The number of anilines is 1. The first kappa shape index (κ1) is 21.7. The number of nitrogens with two attached hydrogens (primary N) is 1. The van der Waals surface area contributed by atoms with Gasteiger partial charge in [0, 0.05) is 12.6 Å². The third kappa shape index (κ3) is 5.24. The number of nitrogens with zero attached hydrogens (tertiary/aromatic N) is 3. The molecule has 2 heterocycles. The average Bonchev–Trinajstić information content (AvgIpc) is 3.10. The molecule has 0 radical (unpaired) electrons. The van der Waals surface area contributed by atoms with Crippen LogP contribution in [0.2, 0.25) is 0 Å². The SMILES string of the molecule is C=CC[C@H](OC(N)=O)c1ccnc(-c2c(NC(=O)C(C)C=C)cnn2C(F)F)c1. The van der Waals surface area contributed by atoms with Crippen LogP contribution >= 0.6 is 0 Å². The highest BCUT2D eigenvalue weighted by Gasteiger charge is 2.23. The maximum absolute atomic E-state index is 13.5. The first-order chi connectivity index (χ1) is 13.8. The molecule has 1 unspecified atom stereocenters. The Morgan fingerprint density at radius 1 is 1.41 bits per heavy atom. The van der Waals surface area contributed by atoms with Crippen molar-refractivity contribution in [2.45, 2.75) is 26.0 Å². The lowest BCUT2D eigenvalue weighted by Gasteiger charge is -2.17. The predicted molar refractivity (Wildman–Crippen MR) is 103 cm³/mol. The summed E-state index contributed by atoms with van der Waals surface area (Å²) >= 11 is 0. The van der Waals surface area contributed by atoms with Crippen LogP contribution in [0.3, 0.4) is 0 Å². The molecule has 2 aromatic heterocycles. The summed E-state index contributed by atoms with van der Waals surface area (Å²) in [7, 11) is 0. The Morgan fingerprint density at radius 3 is 2.72 bits per heavy atom. The van der Waals surface area contributed by atoms with E-state index in [1.165, 1.54) is 24.4 Å². The lowest BCUT2D eigenvalue weighted by molar-refractivity contribution is -0.118. The molecule has 0 saturated carbocycles. The number of nitrogens with one attached hydrogen (secondary N) is 1. The van der Waals surface area contributed by atoms with Crippen LogP contribution in [-0.2, 0) is 9.53 Å². The summed E-state index contributed by atoms with van der Waals surface area (Å²) in [6, 6.07) is 3.02. The summed E-state index contributed by atoms with van der Waals surface area (Å²) in [5.41, 5.74) is 5.63. The zero-order valence-corrected chi connectivity index (χ0v) is 15.7. The second kappa shape index (κ2) is 9.58. The van der Waals surface area contributed by atoms with Crippen LogP contribution in [-0.4, -0.2) is 26.8 Å². The van der Waals surface area contributed by atoms with E-state index in [2.05, 4.69) is 28.6 Å². The van der Waals surface area contributed by atoms with Crippen LogP contribution in [0.15, 0.2) is 49.8 Å². The third-order valence-corrected chi connectivity index (χ3v) is 4.04. The number of carbonyl (C=O) groups is 2. The number of ether oxygens (including phenoxy) is 1. The highest BCUT2D eigenvalue weighted by atomic mass is 19.3. The number of hydrogen-bond acceptors (Lipinski definition) is 5. The minimum absolute atomic E-state index is 0.0599. The molecule has 2 amide bonds. The van der Waals surface area contributed by atoms with Gasteiger partial charge in [-0.05, 0) is 17.7 Å². The molecule has 0 aromatic carbocycles. The molecular formula is C19H21F2N5O3. The number of alkyl halides is 2. The summed E-state index contributed by atoms with van der Waals surface area (Å²) in [5.74, 6) is -0.981. The Kier molecular flexibility index (Phi) is 7.18. The van der Waals surface area contributed by atoms with Crippen molar-refractivity contribution in [3.8, 4) is 11.4 Å². The van der Waals surface area contributed by atoms with Gasteiger partial charge < -0.3 is 15.8 Å². The zero-order chi connectivity index (χ0) is 21.6. The lowest BCUT2D eigenvalue weighted by atomic mass is 10.1. The number of amides is 2. The van der Waals surface area contributed by atoms with Crippen LogP contribution in [0.25, 0.3) is 11.4 Å². The van der Waals surface area contributed by atoms with Crippen LogP contribution in [0.5, 0.6) is 0 Å². The van der Waals surface area contributed by atoms with Gasteiger partial charge in [0.1, 0.15) is 11.8 Å². The minimum Gasteiger partial charge on any atom is -0.441 e. The lowest BCUT2D eigenvalue weighted by Crippen LogP contribution is -2.19. The van der Waals surface area contributed by atoms with Gasteiger partial charge in [-0.15, -0.1) is 13.2 Å². The highest BCUT2D eigenvalue weighted by Crippen LogP contribution is 2.32. The van der Waals surface area contributed by atoms with E-state index >= 15 is 0 Å². The summed E-state index contributed by atoms with van der Waals surface area (Å²) in [5, 5.41) is 6.21. The van der Waals surface area contributed by atoms with Crippen molar-refractivity contribution < 1.29 is 23.1 Å². The molecule has 3 N–H and O–H groups in total. The molecular weight excluding hydrogens is 384 g/mol. The number of carbonyl (C=O) groups excluding carboxylic acids is 2. The van der Waals surface area contributed by atoms with E-state index in [-0.39, 0.29) is 23.5 Å². The first-order valence-electron chi connectivity index (χ1n) is 8.60. The molecule has 0 aliphatic carbocycles. The van der Waals surface area contributed by atoms with Gasteiger partial charge in [-0.2, -0.15) is 18.6 Å². The highest BCUT2D eigenvalue weighted by molar-refractivity contribution is 5.96. The Bertz CT molecular complexity index is 913. The van der Waals surface area contributed by atoms with Gasteiger partial charge in [-0.3, -0.25) is 9.78 Å². The number of halogens is 2. The van der Waals surface area contributed by atoms with Gasteiger partial charge in [0.05, 0.1) is 23.5 Å². The monoisotopic (exact) mass is 405 g/mol. The molecule has 2 atom stereocenters. The fourth-order valence-corrected chi connectivity index (χ4v) is 2.53. The molecule has 0 aliphatic rings. The van der Waals surface area contributed by atoms with Crippen molar-refractivity contribution in [3.63, 3.8) is 0 Å². The van der Waals surface area contributed by atoms with Gasteiger partial charge in [0.25, 0.3) is 0 Å². The molecule has 0 fully saturated rings. The summed E-state index contributed by atoms with van der Waals surface area (Å²) in [6.07, 6.45) is 3.93. The van der Waals surface area contributed by atoms with E-state index in [0.717, 1.165) is 6.20 Å². The van der Waals surface area contributed by atoms with Crippen molar-refractivity contribution >= 4 is 17.7 Å². The largest absolute Gasteiger partial charge is 0.441 e. The van der Waals surface area contributed by atoms with Crippen molar-refractivity contribution in [2.75, 3.05) is 5.32 Å². The number of hydrogen-bond donors (Lipinski definition) is 2. The van der Waals surface area contributed by atoms with E-state index < -0.39 is 30.6 Å². The molecule has 8 nitrogen and oxygen atoms in total. The number of rotatable bonds is 9. The Morgan fingerprint density at radius 2 is 2.14 bits per heavy atom. The molecule has 2 rings (SSSR count). The van der Waals surface area contributed by atoms with Gasteiger partial charge in [-0.1, -0.05) is 19.1 Å². The number of aromatic nitrogens is 3. The van der Waals surface area contributed by atoms with Crippen LogP contribution < -0.4 is 11.1 Å². The number of pyridine rings is 1. The second-order valence-electron chi connectivity index (χ2n) is 6.07. The smallest absolute Gasteiger partial charge is 0.405 e. The second-order valence-corrected chi connectivity index (χ2v) is 6.07. The van der Waals surface area contributed by atoms with E-state index in [4.69, 9.17) is 10.5 Å². The maximum Gasteiger partial charge on any atom is 0.405 e. The van der Waals surface area contributed by atoms with Gasteiger partial charge in [0.15, 0.2) is 0 Å². The van der Waals surface area contributed by atoms with Crippen molar-refractivity contribution in [2.24, 2.45) is 11.7 Å². The van der Waals surface area contributed by atoms with E-state index in [9.17, 15) is 18.4 Å². The van der Waals surface area contributed by atoms with Crippen molar-refractivity contribution in [1.82, 2.24) is 14.8 Å². The van der Waals surface area contributed by atoms with Crippen LogP contribution in [0.4, 0.5) is 19.3 Å². The average molecular weight is 405 g/mol. The fourth-order valence-electron chi connectivity index (χ4n) is 2.53. The Labute approximate surface area is 166 Å². The standard InChI is InChI=1S/C19H21F2N5O3/c1-4-6-15(29-19(22)28)12-7-8-23-13(9-12)16-14(10-24-26(16)18(20)21)25-17(27)11(3)5-2/h4-5,7-11,15,18H,1-2,6H2,3H3,(H2,22,28)(H,25,27)/t11?,15-/m0/s1. The minimum atomic E-state index is -2.97. The summed E-state index contributed by atoms with van der Waals surface area (Å²) in [6.45, 7) is 5.78. The molecule has 2 aromatic rings. The van der Waals surface area contributed by atoms with Crippen molar-refractivity contribution in [3.05, 3.63) is 55.4 Å². The van der Waals surface area contributed by atoms with Crippen LogP contribution in [0, 0.1) is 5.92 Å². The molecule has 10 heteroatoms. The van der Waals surface area contributed by atoms with Gasteiger partial charge >= 0.3 is 12.6 Å². The first-order valence-corrected chi connectivity index (χ1v) is 8.60. The summed E-state index contributed by atoms with van der Waals surface area (Å²) < 4.78 is 32.5. The summed E-state index contributed by atoms with van der Waals surface area (Å²) in [4.78, 5) is 27.5. The quantitative estimate of drug-likeness (QED) is 0.616. The van der Waals surface area contributed by atoms with E-state index in [0.29, 0.717) is 10.2 Å². The fraction of sp³-hybridized carbons (Fsp3) is 0.263. The molecule has 29 heavy (non-hydrogen) atoms.